The summed E-state index contributed by atoms with van der Waals surface area (Å²) in [7, 11) is -3.38. The summed E-state index contributed by atoms with van der Waals surface area (Å²) in [6, 6.07) is 10.5. The number of nitrogens with one attached hydrogen (secondary N) is 1. The predicted molar refractivity (Wildman–Crippen MR) is 93.5 cm³/mol. The van der Waals surface area contributed by atoms with E-state index >= 15 is 0 Å². The van der Waals surface area contributed by atoms with E-state index in [0.29, 0.717) is 13.1 Å². The summed E-state index contributed by atoms with van der Waals surface area (Å²) in [5.41, 5.74) is 1.24. The normalized spacial score (nSPS) is 25.5. The van der Waals surface area contributed by atoms with Crippen molar-refractivity contribution in [1.29, 1.82) is 0 Å². The highest BCUT2D eigenvalue weighted by atomic mass is 32.2. The fourth-order valence-electron chi connectivity index (χ4n) is 4.15. The van der Waals surface area contributed by atoms with Gasteiger partial charge in [-0.05, 0) is 38.2 Å². The molecule has 1 saturated heterocycles. The average molecular weight is 337 g/mol. The highest BCUT2D eigenvalue weighted by Gasteiger charge is 2.38. The van der Waals surface area contributed by atoms with E-state index in [1.807, 2.05) is 13.0 Å². The van der Waals surface area contributed by atoms with E-state index in [0.717, 1.165) is 32.1 Å². The van der Waals surface area contributed by atoms with Crippen LogP contribution in [-0.4, -0.2) is 31.9 Å². The Morgan fingerprint density at radius 3 is 2.48 bits per heavy atom. The first kappa shape index (κ1) is 16.9. The summed E-state index contributed by atoms with van der Waals surface area (Å²) in [5.74, 6) is 0. The number of rotatable bonds is 5. The highest BCUT2D eigenvalue weighted by molar-refractivity contribution is 7.87. The van der Waals surface area contributed by atoms with Gasteiger partial charge in [0.1, 0.15) is 0 Å². The van der Waals surface area contributed by atoms with E-state index in [-0.39, 0.29) is 11.5 Å². The lowest BCUT2D eigenvalue weighted by atomic mass is 9.79. The van der Waals surface area contributed by atoms with Crippen LogP contribution in [0.2, 0.25) is 0 Å². The minimum absolute atomic E-state index is 0.0344. The van der Waals surface area contributed by atoms with E-state index in [4.69, 9.17) is 0 Å². The third kappa shape index (κ3) is 3.62. The van der Waals surface area contributed by atoms with Crippen LogP contribution in [0.4, 0.5) is 0 Å². The zero-order valence-corrected chi connectivity index (χ0v) is 14.8. The van der Waals surface area contributed by atoms with Crippen LogP contribution in [0.15, 0.2) is 30.3 Å². The molecule has 1 N–H and O–H groups in total. The molecule has 1 aromatic carbocycles. The van der Waals surface area contributed by atoms with Gasteiger partial charge in [0.15, 0.2) is 0 Å². The molecule has 0 radical (unpaired) electrons. The van der Waals surface area contributed by atoms with Crippen LogP contribution < -0.4 is 4.72 Å². The fourth-order valence-corrected chi connectivity index (χ4v) is 5.73. The molecule has 1 aliphatic carbocycles. The van der Waals surface area contributed by atoms with E-state index in [9.17, 15) is 8.42 Å². The van der Waals surface area contributed by atoms with Gasteiger partial charge in [0.2, 0.25) is 0 Å². The third-order valence-corrected chi connectivity index (χ3v) is 7.26. The van der Waals surface area contributed by atoms with Gasteiger partial charge in [-0.3, -0.25) is 0 Å². The maximum absolute atomic E-state index is 12.7. The van der Waals surface area contributed by atoms with Crippen molar-refractivity contribution in [3.8, 4) is 0 Å². The summed E-state index contributed by atoms with van der Waals surface area (Å²) in [6.07, 6.45) is 7.54. The average Bonchev–Trinajstić information content (AvgIpc) is 3.04. The second-order valence-electron chi connectivity index (χ2n) is 7.14. The van der Waals surface area contributed by atoms with E-state index in [1.165, 1.54) is 18.4 Å². The molecular weight excluding hydrogens is 308 g/mol. The van der Waals surface area contributed by atoms with Gasteiger partial charge < -0.3 is 0 Å². The zero-order chi connectivity index (χ0) is 16.3. The number of piperidine rings is 1. The van der Waals surface area contributed by atoms with Crippen LogP contribution in [0.1, 0.15) is 57.4 Å². The Morgan fingerprint density at radius 1 is 1.13 bits per heavy atom. The molecule has 0 spiro atoms. The molecule has 3 rings (SSSR count). The van der Waals surface area contributed by atoms with Crippen molar-refractivity contribution in [2.24, 2.45) is 0 Å². The summed E-state index contributed by atoms with van der Waals surface area (Å²) in [4.78, 5) is 0. The Labute approximate surface area is 140 Å². The molecule has 5 heteroatoms. The molecule has 1 unspecified atom stereocenters. The molecule has 0 aromatic heterocycles. The maximum atomic E-state index is 12.7. The number of hydrogen-bond donors (Lipinski definition) is 1. The van der Waals surface area contributed by atoms with Gasteiger partial charge in [-0.15, -0.1) is 0 Å². The van der Waals surface area contributed by atoms with Crippen molar-refractivity contribution in [3.63, 3.8) is 0 Å². The van der Waals surface area contributed by atoms with Crippen molar-refractivity contribution >= 4 is 10.2 Å². The summed E-state index contributed by atoms with van der Waals surface area (Å²) < 4.78 is 30.1. The van der Waals surface area contributed by atoms with Crippen LogP contribution in [0.25, 0.3) is 0 Å². The molecule has 0 bridgehead atoms. The Morgan fingerprint density at radius 2 is 1.83 bits per heavy atom. The molecule has 23 heavy (non-hydrogen) atoms. The third-order valence-electron chi connectivity index (χ3n) is 5.59. The van der Waals surface area contributed by atoms with Gasteiger partial charge in [0.05, 0.1) is 0 Å². The zero-order valence-electron chi connectivity index (χ0n) is 14.0. The second kappa shape index (κ2) is 6.91. The molecule has 2 aliphatic rings. The number of hydrogen-bond acceptors (Lipinski definition) is 2. The quantitative estimate of drug-likeness (QED) is 0.897. The monoisotopic (exact) mass is 336 g/mol. The van der Waals surface area contributed by atoms with E-state index in [2.05, 4.69) is 29.0 Å². The Bertz CT molecular complexity index is 609. The van der Waals surface area contributed by atoms with Crippen LogP contribution in [-0.2, 0) is 15.6 Å². The van der Waals surface area contributed by atoms with Crippen LogP contribution in [0, 0.1) is 0 Å². The van der Waals surface area contributed by atoms with Crippen LogP contribution >= 0.6 is 0 Å². The molecule has 1 atom stereocenters. The molecule has 4 nitrogen and oxygen atoms in total. The molecule has 1 saturated carbocycles. The van der Waals surface area contributed by atoms with Gasteiger partial charge in [-0.2, -0.15) is 12.7 Å². The molecular formula is C18H28N2O2S. The maximum Gasteiger partial charge on any atom is 0.279 e. The first-order chi connectivity index (χ1) is 11.0. The first-order valence-electron chi connectivity index (χ1n) is 8.85. The van der Waals surface area contributed by atoms with Crippen LogP contribution in [0.3, 0.4) is 0 Å². The second-order valence-corrected chi connectivity index (χ2v) is 8.84. The summed E-state index contributed by atoms with van der Waals surface area (Å²) in [6.45, 7) is 3.18. The van der Waals surface area contributed by atoms with Gasteiger partial charge in [0.25, 0.3) is 10.2 Å². The van der Waals surface area contributed by atoms with Crippen molar-refractivity contribution < 1.29 is 8.42 Å². The van der Waals surface area contributed by atoms with Gasteiger partial charge in [0, 0.05) is 24.5 Å². The topological polar surface area (TPSA) is 49.4 Å². The summed E-state index contributed by atoms with van der Waals surface area (Å²) >= 11 is 0. The van der Waals surface area contributed by atoms with Gasteiger partial charge >= 0.3 is 0 Å². The van der Waals surface area contributed by atoms with Crippen molar-refractivity contribution in [3.05, 3.63) is 35.9 Å². The lowest BCUT2D eigenvalue weighted by molar-refractivity contribution is 0.263. The van der Waals surface area contributed by atoms with E-state index in [1.54, 1.807) is 4.31 Å². The van der Waals surface area contributed by atoms with E-state index < -0.39 is 10.2 Å². The summed E-state index contributed by atoms with van der Waals surface area (Å²) in [5, 5.41) is 0. The Balaban J connectivity index is 1.74. The lowest BCUT2D eigenvalue weighted by Crippen LogP contribution is -2.50. The molecule has 2 fully saturated rings. The van der Waals surface area contributed by atoms with Gasteiger partial charge in [-0.1, -0.05) is 49.6 Å². The highest BCUT2D eigenvalue weighted by Crippen LogP contribution is 2.40. The number of benzene rings is 1. The first-order valence-corrected chi connectivity index (χ1v) is 10.3. The Kier molecular flexibility index (Phi) is 5.09. The minimum atomic E-state index is -3.38. The molecule has 1 aromatic rings. The lowest BCUT2D eigenvalue weighted by Gasteiger charge is -2.35. The Hall–Kier alpha value is -0.910. The molecule has 1 aliphatic heterocycles. The fraction of sp³-hybridized carbons (Fsp3) is 0.667. The van der Waals surface area contributed by atoms with Crippen molar-refractivity contribution in [2.75, 3.05) is 13.1 Å². The van der Waals surface area contributed by atoms with Gasteiger partial charge in [-0.25, -0.2) is 4.72 Å². The molecule has 0 amide bonds. The van der Waals surface area contributed by atoms with Crippen molar-refractivity contribution in [2.45, 2.75) is 63.3 Å². The predicted octanol–water partition coefficient (Wildman–Crippen LogP) is 3.21. The molecule has 128 valence electrons. The number of nitrogens with zero attached hydrogens (tertiary/aromatic N) is 1. The molecule has 1 heterocycles. The van der Waals surface area contributed by atoms with Crippen LogP contribution in [0.5, 0.6) is 0 Å². The SMILES string of the molecule is CC1CCCCN1S(=O)(=O)NCC1(c2ccccc2)CCCC1. The van der Waals surface area contributed by atoms with Crippen molar-refractivity contribution in [1.82, 2.24) is 9.03 Å². The smallest absolute Gasteiger partial charge is 0.201 e. The largest absolute Gasteiger partial charge is 0.279 e. The standard InChI is InChI=1S/C18H28N2O2S/c1-16-9-5-8-14-20(16)23(21,22)19-15-18(12-6-7-13-18)17-10-3-2-4-11-17/h2-4,10-11,16,19H,5-9,12-15H2,1H3. The minimum Gasteiger partial charge on any atom is -0.201 e.